The van der Waals surface area contributed by atoms with E-state index < -0.39 is 0 Å². The number of hydrogen-bond acceptors (Lipinski definition) is 3. The van der Waals surface area contributed by atoms with Gasteiger partial charge in [0.15, 0.2) is 6.79 Å². The minimum absolute atomic E-state index is 0.131. The first-order valence-corrected chi connectivity index (χ1v) is 5.40. The van der Waals surface area contributed by atoms with Crippen molar-refractivity contribution in [3.05, 3.63) is 27.3 Å². The van der Waals surface area contributed by atoms with Gasteiger partial charge in [0.2, 0.25) is 0 Å². The highest BCUT2D eigenvalue weighted by molar-refractivity contribution is 14.1. The Hall–Kier alpha value is -0.820. The van der Waals surface area contributed by atoms with Gasteiger partial charge in [-0.2, -0.15) is 0 Å². The van der Waals surface area contributed by atoms with Gasteiger partial charge >= 0.3 is 0 Å². The molecule has 0 radical (unpaired) electrons. The monoisotopic (exact) mass is 321 g/mol. The van der Waals surface area contributed by atoms with Crippen molar-refractivity contribution in [2.24, 2.45) is 0 Å². The Bertz CT molecular complexity index is 355. The second kappa shape index (κ2) is 5.92. The first-order chi connectivity index (χ1) is 7.19. The summed E-state index contributed by atoms with van der Waals surface area (Å²) in [5.74, 6) is 0.521. The van der Waals surface area contributed by atoms with Crippen LogP contribution in [0, 0.1) is 3.57 Å². The molecule has 0 bridgehead atoms. The van der Waals surface area contributed by atoms with Gasteiger partial charge in [-0.05, 0) is 40.8 Å². The van der Waals surface area contributed by atoms with Gasteiger partial charge in [-0.25, -0.2) is 0 Å². The van der Waals surface area contributed by atoms with Gasteiger partial charge in [-0.3, -0.25) is 4.79 Å². The van der Waals surface area contributed by atoms with Crippen LogP contribution in [-0.2, 0) is 4.74 Å². The van der Waals surface area contributed by atoms with E-state index in [2.05, 4.69) is 27.9 Å². The van der Waals surface area contributed by atoms with Crippen LogP contribution in [0.3, 0.4) is 0 Å². The number of halogens is 1. The molecule has 1 amide bonds. The molecule has 0 saturated carbocycles. The fraction of sp³-hybridized carbons (Fsp3) is 0.300. The SMILES string of the molecule is CNC(=O)c1ccc(I)c(OCOC)c1. The molecule has 15 heavy (non-hydrogen) atoms. The maximum Gasteiger partial charge on any atom is 0.251 e. The summed E-state index contributed by atoms with van der Waals surface area (Å²) < 4.78 is 11.1. The summed E-state index contributed by atoms with van der Waals surface area (Å²) in [4.78, 5) is 11.4. The molecule has 0 unspecified atom stereocenters. The highest BCUT2D eigenvalue weighted by Crippen LogP contribution is 2.22. The maximum atomic E-state index is 11.4. The van der Waals surface area contributed by atoms with Gasteiger partial charge in [-0.1, -0.05) is 0 Å². The summed E-state index contributed by atoms with van der Waals surface area (Å²) in [6.45, 7) is 0.174. The van der Waals surface area contributed by atoms with Crippen LogP contribution < -0.4 is 10.1 Å². The first-order valence-electron chi connectivity index (χ1n) is 4.32. The van der Waals surface area contributed by atoms with E-state index in [4.69, 9.17) is 9.47 Å². The van der Waals surface area contributed by atoms with Crippen LogP contribution in [0.15, 0.2) is 18.2 Å². The molecule has 0 spiro atoms. The first kappa shape index (κ1) is 12.3. The number of carbonyl (C=O) groups is 1. The summed E-state index contributed by atoms with van der Waals surface area (Å²) in [6, 6.07) is 5.27. The van der Waals surface area contributed by atoms with Crippen molar-refractivity contribution in [1.29, 1.82) is 0 Å². The number of carbonyl (C=O) groups excluding carboxylic acids is 1. The number of rotatable bonds is 4. The van der Waals surface area contributed by atoms with Crippen LogP contribution in [0.4, 0.5) is 0 Å². The predicted molar refractivity (Wildman–Crippen MR) is 65.1 cm³/mol. The van der Waals surface area contributed by atoms with Crippen molar-refractivity contribution in [3.8, 4) is 5.75 Å². The van der Waals surface area contributed by atoms with Crippen LogP contribution in [-0.4, -0.2) is 26.9 Å². The van der Waals surface area contributed by atoms with Gasteiger partial charge in [0.25, 0.3) is 5.91 Å². The van der Waals surface area contributed by atoms with Gasteiger partial charge in [0.05, 0.1) is 3.57 Å². The topological polar surface area (TPSA) is 47.6 Å². The number of nitrogens with one attached hydrogen (secondary N) is 1. The van der Waals surface area contributed by atoms with E-state index in [0.717, 1.165) is 3.57 Å². The van der Waals surface area contributed by atoms with Crippen molar-refractivity contribution in [2.45, 2.75) is 0 Å². The normalized spacial score (nSPS) is 9.80. The van der Waals surface area contributed by atoms with Gasteiger partial charge in [0, 0.05) is 19.7 Å². The Morgan fingerprint density at radius 1 is 1.53 bits per heavy atom. The van der Waals surface area contributed by atoms with E-state index >= 15 is 0 Å². The summed E-state index contributed by atoms with van der Waals surface area (Å²) in [5, 5.41) is 2.56. The van der Waals surface area contributed by atoms with Crippen LogP contribution in [0.5, 0.6) is 5.75 Å². The van der Waals surface area contributed by atoms with Crippen molar-refractivity contribution in [2.75, 3.05) is 21.0 Å². The Morgan fingerprint density at radius 2 is 2.27 bits per heavy atom. The third kappa shape index (κ3) is 3.35. The van der Waals surface area contributed by atoms with E-state index in [-0.39, 0.29) is 12.7 Å². The Balaban J connectivity index is 2.89. The molecule has 0 aromatic heterocycles. The Kier molecular flexibility index (Phi) is 4.83. The highest BCUT2D eigenvalue weighted by Gasteiger charge is 2.07. The van der Waals surface area contributed by atoms with Crippen LogP contribution >= 0.6 is 22.6 Å². The lowest BCUT2D eigenvalue weighted by Crippen LogP contribution is -2.17. The fourth-order valence-corrected chi connectivity index (χ4v) is 1.51. The molecule has 4 nitrogen and oxygen atoms in total. The third-order valence-electron chi connectivity index (χ3n) is 1.75. The third-order valence-corrected chi connectivity index (χ3v) is 2.64. The molecule has 1 aromatic carbocycles. The van der Waals surface area contributed by atoms with E-state index in [0.29, 0.717) is 11.3 Å². The summed E-state index contributed by atoms with van der Waals surface area (Å²) in [6.07, 6.45) is 0. The second-order valence-electron chi connectivity index (χ2n) is 2.78. The van der Waals surface area contributed by atoms with Gasteiger partial charge < -0.3 is 14.8 Å². The number of hydrogen-bond donors (Lipinski definition) is 1. The van der Waals surface area contributed by atoms with Gasteiger partial charge in [0.1, 0.15) is 5.75 Å². The van der Waals surface area contributed by atoms with E-state index in [9.17, 15) is 4.79 Å². The average Bonchev–Trinajstić information content (AvgIpc) is 2.27. The van der Waals surface area contributed by atoms with E-state index in [1.807, 2.05) is 6.07 Å². The quantitative estimate of drug-likeness (QED) is 0.677. The molecule has 1 aromatic rings. The molecule has 0 aliphatic carbocycles. The zero-order valence-corrected chi connectivity index (χ0v) is 10.7. The van der Waals surface area contributed by atoms with Gasteiger partial charge in [-0.15, -0.1) is 0 Å². The van der Waals surface area contributed by atoms with Crippen LogP contribution in [0.25, 0.3) is 0 Å². The number of benzene rings is 1. The molecule has 0 aliphatic heterocycles. The molecule has 1 N–H and O–H groups in total. The zero-order valence-electron chi connectivity index (χ0n) is 8.54. The molecular formula is C10H12INO3. The molecule has 5 heteroatoms. The molecule has 0 atom stereocenters. The zero-order chi connectivity index (χ0) is 11.3. The lowest BCUT2D eigenvalue weighted by atomic mass is 10.2. The summed E-state index contributed by atoms with van der Waals surface area (Å²) in [5.41, 5.74) is 0.573. The number of ether oxygens (including phenoxy) is 2. The van der Waals surface area contributed by atoms with Crippen molar-refractivity contribution < 1.29 is 14.3 Å². The largest absolute Gasteiger partial charge is 0.466 e. The van der Waals surface area contributed by atoms with Crippen molar-refractivity contribution in [3.63, 3.8) is 0 Å². The smallest absolute Gasteiger partial charge is 0.251 e. The van der Waals surface area contributed by atoms with Crippen molar-refractivity contribution in [1.82, 2.24) is 5.32 Å². The van der Waals surface area contributed by atoms with E-state index in [1.54, 1.807) is 26.3 Å². The van der Waals surface area contributed by atoms with Crippen LogP contribution in [0.2, 0.25) is 0 Å². The molecule has 0 aliphatic rings. The molecule has 0 heterocycles. The Morgan fingerprint density at radius 3 is 2.87 bits per heavy atom. The molecule has 0 saturated heterocycles. The summed E-state index contributed by atoms with van der Waals surface area (Å²) >= 11 is 2.14. The van der Waals surface area contributed by atoms with Crippen LogP contribution in [0.1, 0.15) is 10.4 Å². The minimum atomic E-state index is -0.131. The lowest BCUT2D eigenvalue weighted by molar-refractivity contribution is 0.0504. The predicted octanol–water partition coefficient (Wildman–Crippen LogP) is 1.63. The van der Waals surface area contributed by atoms with E-state index in [1.165, 1.54) is 0 Å². The summed E-state index contributed by atoms with van der Waals surface area (Å²) in [7, 11) is 3.14. The van der Waals surface area contributed by atoms with Crippen molar-refractivity contribution >= 4 is 28.5 Å². The molecule has 0 fully saturated rings. The number of methoxy groups -OCH3 is 1. The lowest BCUT2D eigenvalue weighted by Gasteiger charge is -2.08. The average molecular weight is 321 g/mol. The highest BCUT2D eigenvalue weighted by atomic mass is 127. The maximum absolute atomic E-state index is 11.4. The second-order valence-corrected chi connectivity index (χ2v) is 3.94. The minimum Gasteiger partial charge on any atom is -0.466 e. The Labute approximate surface area is 102 Å². The standard InChI is InChI=1S/C10H12INO3/c1-12-10(13)7-3-4-8(11)9(5-7)15-6-14-2/h3-5H,6H2,1-2H3,(H,12,13). The fourth-order valence-electron chi connectivity index (χ4n) is 1.02. The molecule has 1 rings (SSSR count). The number of amides is 1. The molecule has 82 valence electrons. The molecular weight excluding hydrogens is 309 g/mol.